The van der Waals surface area contributed by atoms with E-state index in [-0.39, 0.29) is 16.7 Å². The Morgan fingerprint density at radius 3 is 2.45 bits per heavy atom. The van der Waals surface area contributed by atoms with Crippen LogP contribution in [0.2, 0.25) is 0 Å². The summed E-state index contributed by atoms with van der Waals surface area (Å²) in [6, 6.07) is 12.7. The van der Waals surface area contributed by atoms with Gasteiger partial charge in [-0.05, 0) is 54.7 Å². The van der Waals surface area contributed by atoms with Crippen molar-refractivity contribution < 1.29 is 17.9 Å². The Balaban J connectivity index is 1.81. The number of anilines is 1. The van der Waals surface area contributed by atoms with Gasteiger partial charge in [-0.2, -0.15) is 0 Å². The lowest BCUT2D eigenvalue weighted by molar-refractivity contribution is -0.124. The van der Waals surface area contributed by atoms with Crippen LogP contribution < -0.4 is 9.64 Å². The molecule has 0 saturated heterocycles. The lowest BCUT2D eigenvalue weighted by Crippen LogP contribution is -2.39. The molecule has 156 valence electrons. The third-order valence-electron chi connectivity index (χ3n) is 5.18. The number of ether oxygens (including phenoxy) is 1. The fourth-order valence-electron chi connectivity index (χ4n) is 3.50. The number of carbonyl (C=O) groups is 1. The number of benzene rings is 2. The fraction of sp³-hybridized carbons (Fsp3) is 0.409. The predicted octanol–water partition coefficient (Wildman–Crippen LogP) is 3.42. The number of hydrogen-bond donors (Lipinski definition) is 0. The van der Waals surface area contributed by atoms with Crippen LogP contribution >= 0.6 is 0 Å². The van der Waals surface area contributed by atoms with E-state index in [4.69, 9.17) is 4.74 Å². The van der Waals surface area contributed by atoms with Crippen LogP contribution in [0, 0.1) is 0 Å². The number of para-hydroxylation sites is 1. The lowest BCUT2D eigenvalue weighted by atomic mass is 10.0. The molecular formula is C22H28N2O4S. The molecule has 1 amide bonds. The molecule has 0 spiro atoms. The maximum Gasteiger partial charge on any atom is 0.267 e. The van der Waals surface area contributed by atoms with E-state index in [2.05, 4.69) is 13.8 Å². The zero-order valence-electron chi connectivity index (χ0n) is 17.5. The molecule has 0 aliphatic carbocycles. The normalized spacial score (nSPS) is 14.9. The van der Waals surface area contributed by atoms with Gasteiger partial charge in [-0.3, -0.25) is 4.79 Å². The molecule has 0 fully saturated rings. The molecule has 2 aromatic rings. The molecule has 0 bridgehead atoms. The van der Waals surface area contributed by atoms with Crippen molar-refractivity contribution >= 4 is 21.6 Å². The quantitative estimate of drug-likeness (QED) is 0.724. The first-order valence-corrected chi connectivity index (χ1v) is 11.2. The molecule has 1 aliphatic heterocycles. The van der Waals surface area contributed by atoms with E-state index in [1.807, 2.05) is 24.3 Å². The third-order valence-corrected chi connectivity index (χ3v) is 6.99. The van der Waals surface area contributed by atoms with Crippen LogP contribution in [0.3, 0.4) is 0 Å². The van der Waals surface area contributed by atoms with Gasteiger partial charge in [0.25, 0.3) is 5.91 Å². The van der Waals surface area contributed by atoms with E-state index in [0.29, 0.717) is 13.0 Å². The molecule has 1 atom stereocenters. The summed E-state index contributed by atoms with van der Waals surface area (Å²) in [7, 11) is -0.488. The van der Waals surface area contributed by atoms with Crippen molar-refractivity contribution in [2.45, 2.75) is 44.1 Å². The minimum atomic E-state index is -3.50. The number of carbonyl (C=O) groups excluding carboxylic acids is 1. The average molecular weight is 417 g/mol. The third kappa shape index (κ3) is 4.16. The summed E-state index contributed by atoms with van der Waals surface area (Å²) in [5, 5.41) is 0. The van der Waals surface area contributed by atoms with Crippen molar-refractivity contribution in [1.29, 1.82) is 0 Å². The number of nitrogens with zero attached hydrogens (tertiary/aromatic N) is 2. The fourth-order valence-corrected chi connectivity index (χ4v) is 4.46. The maximum atomic E-state index is 13.1. The van der Waals surface area contributed by atoms with Crippen LogP contribution in [0.1, 0.15) is 37.8 Å². The first-order chi connectivity index (χ1) is 13.6. The Bertz CT molecular complexity index is 1020. The molecule has 3 rings (SSSR count). The van der Waals surface area contributed by atoms with Crippen LogP contribution in [0.15, 0.2) is 47.4 Å². The summed E-state index contributed by atoms with van der Waals surface area (Å²) in [6.07, 6.45) is -0.0290. The zero-order chi connectivity index (χ0) is 21.3. The first kappa shape index (κ1) is 21.3. The van der Waals surface area contributed by atoms with Gasteiger partial charge in [0.05, 0.1) is 4.90 Å². The number of fused-ring (bicyclic) bond motifs is 1. The summed E-state index contributed by atoms with van der Waals surface area (Å²) >= 11 is 0. The van der Waals surface area contributed by atoms with Gasteiger partial charge in [-0.25, -0.2) is 12.7 Å². The van der Waals surface area contributed by atoms with Gasteiger partial charge in [0.15, 0.2) is 6.10 Å². The van der Waals surface area contributed by atoms with Gasteiger partial charge in [0, 0.05) is 26.3 Å². The maximum absolute atomic E-state index is 13.1. The summed E-state index contributed by atoms with van der Waals surface area (Å²) < 4.78 is 31.9. The molecular weight excluding hydrogens is 388 g/mol. The number of sulfonamides is 1. The Hall–Kier alpha value is -2.38. The summed E-state index contributed by atoms with van der Waals surface area (Å²) in [4.78, 5) is 15.0. The number of amides is 1. The van der Waals surface area contributed by atoms with Crippen LogP contribution in [0.25, 0.3) is 0 Å². The SMILES string of the molecule is CC(C)c1ccccc1O[C@@H](C)C(=O)N1CCc2cc(S(=O)(=O)N(C)C)ccc21. The molecule has 0 aromatic heterocycles. The standard InChI is InChI=1S/C22H28N2O4S/c1-15(2)19-8-6-7-9-21(19)28-16(3)22(25)24-13-12-17-14-18(10-11-20(17)24)29(26,27)23(4)5/h6-11,14-16H,12-13H2,1-5H3/t16-/m0/s1. The highest BCUT2D eigenvalue weighted by Crippen LogP contribution is 2.32. The van der Waals surface area contributed by atoms with Crippen LogP contribution in [-0.4, -0.2) is 45.4 Å². The highest BCUT2D eigenvalue weighted by molar-refractivity contribution is 7.89. The van der Waals surface area contributed by atoms with Crippen molar-refractivity contribution in [1.82, 2.24) is 4.31 Å². The van der Waals surface area contributed by atoms with E-state index in [1.54, 1.807) is 30.0 Å². The molecule has 0 radical (unpaired) electrons. The molecule has 7 heteroatoms. The Labute approximate surface area is 173 Å². The summed E-state index contributed by atoms with van der Waals surface area (Å²) in [5.74, 6) is 0.874. The predicted molar refractivity (Wildman–Crippen MR) is 114 cm³/mol. The summed E-state index contributed by atoms with van der Waals surface area (Å²) in [6.45, 7) is 6.44. The van der Waals surface area contributed by atoms with E-state index in [0.717, 1.165) is 22.6 Å². The van der Waals surface area contributed by atoms with Crippen molar-refractivity contribution in [3.05, 3.63) is 53.6 Å². The van der Waals surface area contributed by atoms with Crippen molar-refractivity contribution in [3.8, 4) is 5.75 Å². The van der Waals surface area contributed by atoms with Gasteiger partial charge in [0.2, 0.25) is 10.0 Å². The van der Waals surface area contributed by atoms with E-state index in [9.17, 15) is 13.2 Å². The van der Waals surface area contributed by atoms with Gasteiger partial charge in [0.1, 0.15) is 5.75 Å². The van der Waals surface area contributed by atoms with Crippen molar-refractivity contribution in [3.63, 3.8) is 0 Å². The summed E-state index contributed by atoms with van der Waals surface area (Å²) in [5.41, 5.74) is 2.67. The largest absolute Gasteiger partial charge is 0.481 e. The highest BCUT2D eigenvalue weighted by atomic mass is 32.2. The topological polar surface area (TPSA) is 66.9 Å². The van der Waals surface area contributed by atoms with Gasteiger partial charge in [-0.1, -0.05) is 32.0 Å². The molecule has 1 heterocycles. The van der Waals surface area contributed by atoms with Crippen LogP contribution in [0.4, 0.5) is 5.69 Å². The average Bonchev–Trinajstić information content (AvgIpc) is 3.10. The highest BCUT2D eigenvalue weighted by Gasteiger charge is 2.31. The van der Waals surface area contributed by atoms with Gasteiger partial charge >= 0.3 is 0 Å². The van der Waals surface area contributed by atoms with Crippen molar-refractivity contribution in [2.24, 2.45) is 0 Å². The first-order valence-electron chi connectivity index (χ1n) is 9.75. The van der Waals surface area contributed by atoms with E-state index < -0.39 is 16.1 Å². The Morgan fingerprint density at radius 1 is 1.10 bits per heavy atom. The lowest BCUT2D eigenvalue weighted by Gasteiger charge is -2.24. The Morgan fingerprint density at radius 2 is 1.79 bits per heavy atom. The second kappa shape index (κ2) is 8.16. The molecule has 0 unspecified atom stereocenters. The molecule has 2 aromatic carbocycles. The zero-order valence-corrected chi connectivity index (χ0v) is 18.4. The van der Waals surface area contributed by atoms with E-state index >= 15 is 0 Å². The monoisotopic (exact) mass is 416 g/mol. The molecule has 0 saturated carbocycles. The van der Waals surface area contributed by atoms with Gasteiger partial charge < -0.3 is 9.64 Å². The number of rotatable bonds is 6. The molecule has 29 heavy (non-hydrogen) atoms. The Kier molecular flexibility index (Phi) is 6.00. The van der Waals surface area contributed by atoms with E-state index in [1.165, 1.54) is 18.4 Å². The van der Waals surface area contributed by atoms with Crippen LogP contribution in [-0.2, 0) is 21.2 Å². The van der Waals surface area contributed by atoms with Crippen LogP contribution in [0.5, 0.6) is 5.75 Å². The molecule has 6 nitrogen and oxygen atoms in total. The molecule has 1 aliphatic rings. The minimum Gasteiger partial charge on any atom is -0.481 e. The minimum absolute atomic E-state index is 0.134. The second-order valence-corrected chi connectivity index (χ2v) is 9.92. The smallest absolute Gasteiger partial charge is 0.267 e. The van der Waals surface area contributed by atoms with Crippen molar-refractivity contribution in [2.75, 3.05) is 25.5 Å². The molecule has 0 N–H and O–H groups in total. The second-order valence-electron chi connectivity index (χ2n) is 7.77. The number of hydrogen-bond acceptors (Lipinski definition) is 4. The van der Waals surface area contributed by atoms with Gasteiger partial charge in [-0.15, -0.1) is 0 Å².